The van der Waals surface area contributed by atoms with Gasteiger partial charge in [-0.05, 0) is 25.3 Å². The smallest absolute Gasteiger partial charge is 0.379 e. The van der Waals surface area contributed by atoms with Gasteiger partial charge in [0.15, 0.2) is 5.60 Å². The fraction of sp³-hybridized carbons (Fsp3) is 0.583. The average Bonchev–Trinajstić information content (AvgIpc) is 2.37. The van der Waals surface area contributed by atoms with Gasteiger partial charge in [-0.1, -0.05) is 0 Å². The summed E-state index contributed by atoms with van der Waals surface area (Å²) in [5.74, 6) is -0.145. The lowest BCUT2D eigenvalue weighted by molar-refractivity contribution is -0.384. The molecule has 1 fully saturated rings. The molecule has 0 radical (unpaired) electrons. The van der Waals surface area contributed by atoms with E-state index in [1.165, 1.54) is 12.3 Å². The van der Waals surface area contributed by atoms with E-state index in [1.54, 1.807) is 6.92 Å². The third kappa shape index (κ3) is 2.92. The molecule has 0 amide bonds. The van der Waals surface area contributed by atoms with E-state index in [4.69, 9.17) is 0 Å². The molecule has 1 N–H and O–H groups in total. The molecule has 0 aromatic carbocycles. The number of β-amino-alcohol motifs (C(OH)–C–C–N with tert-alkyl or cyclic N) is 1. The Hall–Kier alpha value is -1.90. The van der Waals surface area contributed by atoms with E-state index in [9.17, 15) is 28.4 Å². The predicted molar refractivity (Wildman–Crippen MR) is 68.1 cm³/mol. The molecule has 116 valence electrons. The van der Waals surface area contributed by atoms with Gasteiger partial charge in [0.05, 0.1) is 11.5 Å². The van der Waals surface area contributed by atoms with Crippen LogP contribution in [0.4, 0.5) is 24.7 Å². The molecule has 6 nitrogen and oxygen atoms in total. The van der Waals surface area contributed by atoms with Crippen LogP contribution < -0.4 is 4.90 Å². The Kier molecular flexibility index (Phi) is 3.79. The van der Waals surface area contributed by atoms with Gasteiger partial charge in [0.25, 0.3) is 0 Å². The summed E-state index contributed by atoms with van der Waals surface area (Å²) in [6, 6.07) is 1.25. The number of hydrogen-bond acceptors (Lipinski definition) is 5. The van der Waals surface area contributed by atoms with Crippen molar-refractivity contribution in [1.29, 1.82) is 0 Å². The Morgan fingerprint density at radius 2 is 2.19 bits per heavy atom. The molecule has 21 heavy (non-hydrogen) atoms. The normalized spacial score (nSPS) is 23.2. The lowest BCUT2D eigenvalue weighted by Gasteiger charge is -2.40. The minimum Gasteiger partial charge on any atom is -0.379 e. The largest absolute Gasteiger partial charge is 0.418 e. The molecule has 0 bridgehead atoms. The van der Waals surface area contributed by atoms with Gasteiger partial charge in [-0.25, -0.2) is 4.98 Å². The zero-order valence-corrected chi connectivity index (χ0v) is 11.2. The average molecular weight is 305 g/mol. The van der Waals surface area contributed by atoms with E-state index >= 15 is 0 Å². The van der Waals surface area contributed by atoms with Crippen LogP contribution in [0.1, 0.15) is 18.4 Å². The highest BCUT2D eigenvalue weighted by Gasteiger charge is 2.55. The number of nitro groups is 1. The maximum Gasteiger partial charge on any atom is 0.418 e. The summed E-state index contributed by atoms with van der Waals surface area (Å²) in [7, 11) is 0. The molecule has 1 unspecified atom stereocenters. The van der Waals surface area contributed by atoms with Crippen molar-refractivity contribution < 1.29 is 23.2 Å². The second-order valence-corrected chi connectivity index (χ2v) is 5.17. The lowest BCUT2D eigenvalue weighted by atomic mass is 9.92. The summed E-state index contributed by atoms with van der Waals surface area (Å²) < 4.78 is 38.7. The van der Waals surface area contributed by atoms with Crippen LogP contribution in [0, 0.1) is 17.0 Å². The van der Waals surface area contributed by atoms with E-state index in [0.717, 1.165) is 4.90 Å². The lowest BCUT2D eigenvalue weighted by Crippen LogP contribution is -2.57. The molecule has 1 aliphatic rings. The topological polar surface area (TPSA) is 79.5 Å². The van der Waals surface area contributed by atoms with Crippen LogP contribution in [-0.4, -0.2) is 39.9 Å². The van der Waals surface area contributed by atoms with Crippen molar-refractivity contribution in [2.75, 3.05) is 18.0 Å². The van der Waals surface area contributed by atoms with Crippen molar-refractivity contribution in [3.05, 3.63) is 27.9 Å². The van der Waals surface area contributed by atoms with Crippen LogP contribution in [-0.2, 0) is 0 Å². The second-order valence-electron chi connectivity index (χ2n) is 5.17. The van der Waals surface area contributed by atoms with Crippen molar-refractivity contribution in [2.24, 2.45) is 0 Å². The maximum absolute atomic E-state index is 12.9. The van der Waals surface area contributed by atoms with Crippen molar-refractivity contribution in [1.82, 2.24) is 4.98 Å². The highest BCUT2D eigenvalue weighted by Crippen LogP contribution is 2.39. The standard InChI is InChI=1S/C12H14F3N3O3/c1-8-5-9(18(20)21)10(16-6-8)17-4-2-3-11(19,7-17)12(13,14)15/h5-6,19H,2-4,7H2,1H3. The SMILES string of the molecule is Cc1cnc(N2CCCC(O)(C(F)(F)F)C2)c([N+](=O)[O-])c1. The van der Waals surface area contributed by atoms with Gasteiger partial charge in [-0.3, -0.25) is 10.1 Å². The van der Waals surface area contributed by atoms with Crippen LogP contribution in [0.5, 0.6) is 0 Å². The van der Waals surface area contributed by atoms with Crippen LogP contribution in [0.25, 0.3) is 0 Å². The van der Waals surface area contributed by atoms with Crippen LogP contribution in [0.15, 0.2) is 12.3 Å². The molecule has 1 saturated heterocycles. The summed E-state index contributed by atoms with van der Waals surface area (Å²) >= 11 is 0. The first-order valence-electron chi connectivity index (χ1n) is 6.29. The number of piperidine rings is 1. The highest BCUT2D eigenvalue weighted by atomic mass is 19.4. The summed E-state index contributed by atoms with van der Waals surface area (Å²) in [4.78, 5) is 15.3. The van der Waals surface area contributed by atoms with Gasteiger partial charge in [0.1, 0.15) is 0 Å². The van der Waals surface area contributed by atoms with Crippen LogP contribution in [0.3, 0.4) is 0 Å². The first kappa shape index (κ1) is 15.5. The third-order valence-corrected chi connectivity index (χ3v) is 3.48. The van der Waals surface area contributed by atoms with Gasteiger partial charge in [0.2, 0.25) is 5.82 Å². The van der Waals surface area contributed by atoms with Gasteiger partial charge in [0, 0.05) is 18.8 Å². The number of nitrogens with zero attached hydrogens (tertiary/aromatic N) is 3. The second kappa shape index (κ2) is 5.14. The monoisotopic (exact) mass is 305 g/mol. The zero-order valence-electron chi connectivity index (χ0n) is 11.2. The first-order valence-corrected chi connectivity index (χ1v) is 6.29. The van der Waals surface area contributed by atoms with Crippen molar-refractivity contribution in [3.8, 4) is 0 Å². The number of aliphatic hydroxyl groups is 1. The van der Waals surface area contributed by atoms with Crippen LogP contribution >= 0.6 is 0 Å². The van der Waals surface area contributed by atoms with E-state index in [2.05, 4.69) is 4.98 Å². The predicted octanol–water partition coefficient (Wildman–Crippen LogP) is 2.19. The molecule has 0 aliphatic carbocycles. The van der Waals surface area contributed by atoms with E-state index in [1.807, 2.05) is 0 Å². The van der Waals surface area contributed by atoms with Crippen molar-refractivity contribution in [3.63, 3.8) is 0 Å². The van der Waals surface area contributed by atoms with Gasteiger partial charge >= 0.3 is 11.9 Å². The molecule has 1 atom stereocenters. The number of alkyl halides is 3. The molecule has 1 aromatic heterocycles. The number of halogens is 3. The summed E-state index contributed by atoms with van der Waals surface area (Å²) in [5.41, 5.74) is -2.69. The molecule has 1 aliphatic heterocycles. The quantitative estimate of drug-likeness (QED) is 0.669. The number of hydrogen-bond donors (Lipinski definition) is 1. The summed E-state index contributed by atoms with van der Waals surface area (Å²) in [6.07, 6.45) is -3.79. The maximum atomic E-state index is 12.9. The summed E-state index contributed by atoms with van der Waals surface area (Å²) in [5, 5.41) is 20.8. The Bertz CT molecular complexity index is 564. The van der Waals surface area contributed by atoms with E-state index in [0.29, 0.717) is 5.56 Å². The molecular formula is C12H14F3N3O3. The van der Waals surface area contributed by atoms with Crippen molar-refractivity contribution >= 4 is 11.5 Å². The number of aryl methyl sites for hydroxylation is 1. The number of pyridine rings is 1. The zero-order chi connectivity index (χ0) is 15.8. The van der Waals surface area contributed by atoms with E-state index < -0.39 is 29.7 Å². The van der Waals surface area contributed by atoms with Gasteiger partial charge < -0.3 is 10.0 Å². The van der Waals surface area contributed by atoms with Crippen molar-refractivity contribution in [2.45, 2.75) is 31.5 Å². The Morgan fingerprint density at radius 3 is 2.76 bits per heavy atom. The highest BCUT2D eigenvalue weighted by molar-refractivity contribution is 5.59. The third-order valence-electron chi connectivity index (χ3n) is 3.48. The molecule has 9 heteroatoms. The minimum absolute atomic E-state index is 0.0721. The Morgan fingerprint density at radius 1 is 1.52 bits per heavy atom. The van der Waals surface area contributed by atoms with Crippen LogP contribution in [0.2, 0.25) is 0 Å². The molecule has 2 rings (SSSR count). The fourth-order valence-electron chi connectivity index (χ4n) is 2.37. The van der Waals surface area contributed by atoms with Gasteiger partial charge in [-0.15, -0.1) is 0 Å². The number of rotatable bonds is 2. The molecule has 1 aromatic rings. The van der Waals surface area contributed by atoms with Gasteiger partial charge in [-0.2, -0.15) is 13.2 Å². The molecule has 2 heterocycles. The molecule has 0 saturated carbocycles. The summed E-state index contributed by atoms with van der Waals surface area (Å²) in [6.45, 7) is 1.02. The van der Waals surface area contributed by atoms with E-state index in [-0.39, 0.29) is 24.5 Å². The molecular weight excluding hydrogens is 291 g/mol. The number of anilines is 1. The Labute approximate surface area is 118 Å². The fourth-order valence-corrected chi connectivity index (χ4v) is 2.37. The number of aromatic nitrogens is 1. The first-order chi connectivity index (χ1) is 9.64. The molecule has 0 spiro atoms. The minimum atomic E-state index is -4.79. The Balaban J connectivity index is 2.37.